The van der Waals surface area contributed by atoms with Crippen LogP contribution in [0.1, 0.15) is 44.9 Å². The minimum atomic E-state index is -0.781. The summed E-state index contributed by atoms with van der Waals surface area (Å²) in [4.78, 5) is 34.6. The maximum atomic E-state index is 12.6. The molecule has 5 saturated carbocycles. The Labute approximate surface area is 128 Å². The fraction of sp³-hybridized carbons (Fsp3) is 0.867. The van der Waals surface area contributed by atoms with Gasteiger partial charge in [-0.25, -0.2) is 0 Å². The first-order chi connectivity index (χ1) is 10.5. The van der Waals surface area contributed by atoms with E-state index in [0.717, 1.165) is 19.3 Å². The summed E-state index contributed by atoms with van der Waals surface area (Å²) in [6.45, 7) is 0. The molecule has 2 atom stereocenters. The summed E-state index contributed by atoms with van der Waals surface area (Å²) in [6, 6.07) is -0.781. The predicted octanol–water partition coefficient (Wildman–Crippen LogP) is 1.02. The molecule has 7 nitrogen and oxygen atoms in total. The minimum absolute atomic E-state index is 0.0850. The van der Waals surface area contributed by atoms with E-state index in [2.05, 4.69) is 10.9 Å². The molecule has 0 aromatic rings. The first-order valence-corrected chi connectivity index (χ1v) is 8.20. The van der Waals surface area contributed by atoms with Gasteiger partial charge in [-0.15, -0.1) is 0 Å². The van der Waals surface area contributed by atoms with E-state index in [1.165, 1.54) is 19.3 Å². The van der Waals surface area contributed by atoms with Gasteiger partial charge in [-0.3, -0.25) is 30.6 Å². The number of amides is 2. The molecule has 7 heteroatoms. The third-order valence-corrected chi connectivity index (χ3v) is 6.18. The largest absolute Gasteiger partial charge is 0.273 e. The number of nitrogens with zero attached hydrogens (tertiary/aromatic N) is 1. The zero-order chi connectivity index (χ0) is 15.5. The number of hydrazine groups is 1. The number of nitrogens with one attached hydrogen (secondary N) is 2. The average Bonchev–Trinajstić information content (AvgIpc) is 3.23. The summed E-state index contributed by atoms with van der Waals surface area (Å²) in [6.07, 6.45) is 6.83. The van der Waals surface area contributed by atoms with Crippen molar-refractivity contribution in [3.05, 3.63) is 10.1 Å². The van der Waals surface area contributed by atoms with Crippen molar-refractivity contribution in [2.24, 2.45) is 29.1 Å². The Morgan fingerprint density at radius 3 is 1.95 bits per heavy atom. The second-order valence-corrected chi connectivity index (χ2v) is 7.84. The van der Waals surface area contributed by atoms with Gasteiger partial charge >= 0.3 is 0 Å². The van der Waals surface area contributed by atoms with Gasteiger partial charge in [-0.05, 0) is 56.3 Å². The SMILES string of the molecule is O=C(NNC(=O)C12CC3CC(CC(C3)C1)C2)C1CC1[N+](=O)[O-]. The van der Waals surface area contributed by atoms with Crippen LogP contribution in [0.25, 0.3) is 0 Å². The van der Waals surface area contributed by atoms with Crippen molar-refractivity contribution in [2.75, 3.05) is 0 Å². The van der Waals surface area contributed by atoms with Gasteiger partial charge in [0.05, 0.1) is 5.41 Å². The van der Waals surface area contributed by atoms with Gasteiger partial charge in [0, 0.05) is 11.3 Å². The molecular weight excluding hydrogens is 286 g/mol. The van der Waals surface area contributed by atoms with E-state index in [1.54, 1.807) is 0 Å². The summed E-state index contributed by atoms with van der Waals surface area (Å²) in [7, 11) is 0. The lowest BCUT2D eigenvalue weighted by Gasteiger charge is -2.55. The van der Waals surface area contributed by atoms with Crippen molar-refractivity contribution in [3.63, 3.8) is 0 Å². The lowest BCUT2D eigenvalue weighted by Crippen LogP contribution is -2.57. The molecule has 0 aliphatic heterocycles. The zero-order valence-corrected chi connectivity index (χ0v) is 12.4. The molecule has 0 aromatic heterocycles. The van der Waals surface area contributed by atoms with Crippen LogP contribution in [0.3, 0.4) is 0 Å². The first kappa shape index (κ1) is 14.0. The van der Waals surface area contributed by atoms with Gasteiger partial charge in [0.2, 0.25) is 17.9 Å². The molecule has 0 radical (unpaired) electrons. The van der Waals surface area contributed by atoms with Gasteiger partial charge in [-0.2, -0.15) is 0 Å². The van der Waals surface area contributed by atoms with Gasteiger partial charge < -0.3 is 0 Å². The fourth-order valence-corrected chi connectivity index (χ4v) is 5.43. The second-order valence-electron chi connectivity index (χ2n) is 7.84. The third-order valence-electron chi connectivity index (χ3n) is 6.18. The van der Waals surface area contributed by atoms with Crippen molar-refractivity contribution in [3.8, 4) is 0 Å². The molecule has 5 aliphatic rings. The minimum Gasteiger partial charge on any atom is -0.273 e. The number of carbonyl (C=O) groups excluding carboxylic acids is 2. The highest BCUT2D eigenvalue weighted by molar-refractivity contribution is 5.88. The Morgan fingerprint density at radius 2 is 1.50 bits per heavy atom. The number of hydrogen-bond acceptors (Lipinski definition) is 4. The van der Waals surface area contributed by atoms with Gasteiger partial charge in [0.25, 0.3) is 0 Å². The summed E-state index contributed by atoms with van der Waals surface area (Å²) in [5.74, 6) is 0.879. The van der Waals surface area contributed by atoms with Crippen LogP contribution in [-0.4, -0.2) is 22.8 Å². The lowest BCUT2D eigenvalue weighted by molar-refractivity contribution is -0.497. The average molecular weight is 307 g/mol. The Bertz CT molecular complexity index is 512. The molecule has 5 fully saturated rings. The van der Waals surface area contributed by atoms with Crippen molar-refractivity contribution in [2.45, 2.75) is 51.0 Å². The number of nitro groups is 1. The highest BCUT2D eigenvalue weighted by Gasteiger charge is 2.56. The molecule has 120 valence electrons. The van der Waals surface area contributed by atoms with Gasteiger partial charge in [0.15, 0.2) is 0 Å². The van der Waals surface area contributed by atoms with Gasteiger partial charge in [0.1, 0.15) is 5.92 Å². The molecule has 22 heavy (non-hydrogen) atoms. The molecule has 4 bridgehead atoms. The van der Waals surface area contributed by atoms with E-state index in [4.69, 9.17) is 0 Å². The van der Waals surface area contributed by atoms with Crippen LogP contribution in [0, 0.1) is 39.2 Å². The fourth-order valence-electron chi connectivity index (χ4n) is 5.43. The summed E-state index contributed by atoms with van der Waals surface area (Å²) in [5, 5.41) is 10.6. The smallest absolute Gasteiger partial charge is 0.248 e. The number of rotatable bonds is 3. The monoisotopic (exact) mass is 307 g/mol. The van der Waals surface area contributed by atoms with E-state index < -0.39 is 22.8 Å². The molecule has 0 heterocycles. The standard InChI is InChI=1S/C15H21N3O4/c19-13(11-4-12(11)18(21)22)16-17-14(20)15-5-8-1-9(6-15)3-10(2-8)7-15/h8-12H,1-7H2,(H,16,19)(H,17,20). The topological polar surface area (TPSA) is 101 Å². The molecule has 0 saturated heterocycles. The van der Waals surface area contributed by atoms with Crippen LogP contribution < -0.4 is 10.9 Å². The quantitative estimate of drug-likeness (QED) is 0.600. The van der Waals surface area contributed by atoms with E-state index in [-0.39, 0.29) is 17.7 Å². The molecule has 5 rings (SSSR count). The molecule has 5 aliphatic carbocycles. The van der Waals surface area contributed by atoms with Crippen LogP contribution >= 0.6 is 0 Å². The molecule has 2 amide bonds. The summed E-state index contributed by atoms with van der Waals surface area (Å²) >= 11 is 0. The molecule has 2 unspecified atom stereocenters. The van der Waals surface area contributed by atoms with E-state index in [9.17, 15) is 19.7 Å². The van der Waals surface area contributed by atoms with Crippen molar-refractivity contribution >= 4 is 11.8 Å². The zero-order valence-electron chi connectivity index (χ0n) is 12.4. The highest BCUT2D eigenvalue weighted by Crippen LogP contribution is 2.60. The lowest BCUT2D eigenvalue weighted by atomic mass is 9.49. The van der Waals surface area contributed by atoms with Crippen LogP contribution in [-0.2, 0) is 9.59 Å². The van der Waals surface area contributed by atoms with E-state index in [1.807, 2.05) is 0 Å². The molecular formula is C15H21N3O4. The van der Waals surface area contributed by atoms with Crippen LogP contribution in [0.4, 0.5) is 0 Å². The summed E-state index contributed by atoms with van der Waals surface area (Å²) < 4.78 is 0. The van der Waals surface area contributed by atoms with E-state index in [0.29, 0.717) is 17.8 Å². The maximum Gasteiger partial charge on any atom is 0.248 e. The Morgan fingerprint density at radius 1 is 0.955 bits per heavy atom. The maximum absolute atomic E-state index is 12.6. The third kappa shape index (κ3) is 2.18. The van der Waals surface area contributed by atoms with E-state index >= 15 is 0 Å². The van der Waals surface area contributed by atoms with Crippen LogP contribution in [0.5, 0.6) is 0 Å². The van der Waals surface area contributed by atoms with Crippen LogP contribution in [0.2, 0.25) is 0 Å². The van der Waals surface area contributed by atoms with Crippen molar-refractivity contribution in [1.29, 1.82) is 0 Å². The first-order valence-electron chi connectivity index (χ1n) is 8.20. The predicted molar refractivity (Wildman–Crippen MR) is 75.8 cm³/mol. The second kappa shape index (κ2) is 4.67. The normalized spacial score (nSPS) is 44.5. The van der Waals surface area contributed by atoms with Crippen molar-refractivity contribution in [1.82, 2.24) is 10.9 Å². The molecule has 0 aromatic carbocycles. The van der Waals surface area contributed by atoms with Crippen LogP contribution in [0.15, 0.2) is 0 Å². The van der Waals surface area contributed by atoms with Crippen molar-refractivity contribution < 1.29 is 14.5 Å². The summed E-state index contributed by atoms with van der Waals surface area (Å²) in [5.41, 5.74) is 4.66. The Hall–Kier alpha value is -1.66. The Kier molecular flexibility index (Phi) is 2.96. The molecule has 0 spiro atoms. The molecule has 2 N–H and O–H groups in total. The Balaban J connectivity index is 1.35. The van der Waals surface area contributed by atoms with Gasteiger partial charge in [-0.1, -0.05) is 0 Å². The number of hydrogen-bond donors (Lipinski definition) is 2. The highest BCUT2D eigenvalue weighted by atomic mass is 16.6. The number of carbonyl (C=O) groups is 2.